The van der Waals surface area contributed by atoms with Crippen LogP contribution < -0.4 is 5.73 Å². The summed E-state index contributed by atoms with van der Waals surface area (Å²) in [6, 6.07) is 0. The van der Waals surface area contributed by atoms with Crippen molar-refractivity contribution in [2.45, 2.75) is 32.4 Å². The fourth-order valence-electron chi connectivity index (χ4n) is 1.23. The molecule has 0 fully saturated rings. The highest BCUT2D eigenvalue weighted by atomic mass is 32.2. The predicted molar refractivity (Wildman–Crippen MR) is 60.4 cm³/mol. The molecule has 4 heteroatoms. The number of nitrogens with two attached hydrogens (primary N) is 1. The third-order valence-electron chi connectivity index (χ3n) is 2.17. The van der Waals surface area contributed by atoms with E-state index in [2.05, 4.69) is 5.16 Å². The lowest BCUT2D eigenvalue weighted by atomic mass is 10.2. The van der Waals surface area contributed by atoms with Gasteiger partial charge in [-0.2, -0.15) is 11.8 Å². The second kappa shape index (κ2) is 6.09. The highest BCUT2D eigenvalue weighted by Gasteiger charge is 2.07. The summed E-state index contributed by atoms with van der Waals surface area (Å²) in [5.41, 5.74) is 7.69. The van der Waals surface area contributed by atoms with Crippen LogP contribution >= 0.6 is 11.8 Å². The summed E-state index contributed by atoms with van der Waals surface area (Å²) in [6.07, 6.45) is 2.32. The van der Waals surface area contributed by atoms with Crippen LogP contribution in [0.2, 0.25) is 0 Å². The molecule has 0 amide bonds. The maximum Gasteiger partial charge on any atom is 0.137 e. The molecule has 3 nitrogen and oxygen atoms in total. The van der Waals surface area contributed by atoms with Gasteiger partial charge in [0.2, 0.25) is 0 Å². The van der Waals surface area contributed by atoms with Crippen molar-refractivity contribution in [3.63, 3.8) is 0 Å². The van der Waals surface area contributed by atoms with Gasteiger partial charge in [0.1, 0.15) is 5.76 Å². The summed E-state index contributed by atoms with van der Waals surface area (Å²) in [6.45, 7) is 4.76. The van der Waals surface area contributed by atoms with E-state index in [9.17, 15) is 0 Å². The van der Waals surface area contributed by atoms with Crippen LogP contribution in [0.15, 0.2) is 4.52 Å². The van der Waals surface area contributed by atoms with Crippen molar-refractivity contribution in [2.24, 2.45) is 5.73 Å². The fraction of sp³-hybridized carbons (Fsp3) is 0.700. The van der Waals surface area contributed by atoms with E-state index in [1.54, 1.807) is 0 Å². The Balaban J connectivity index is 2.24. The molecule has 0 aliphatic heterocycles. The van der Waals surface area contributed by atoms with Crippen molar-refractivity contribution in [3.05, 3.63) is 17.0 Å². The smallest absolute Gasteiger partial charge is 0.137 e. The second-order valence-electron chi connectivity index (χ2n) is 3.35. The molecule has 0 atom stereocenters. The van der Waals surface area contributed by atoms with Crippen LogP contribution in [-0.4, -0.2) is 17.5 Å². The van der Waals surface area contributed by atoms with E-state index in [0.717, 1.165) is 30.2 Å². The molecule has 0 saturated heterocycles. The molecule has 80 valence electrons. The molecule has 0 radical (unpaired) electrons. The minimum absolute atomic E-state index is 0.798. The molecular formula is C10H18N2OS. The molecule has 1 rings (SSSR count). The van der Waals surface area contributed by atoms with Gasteiger partial charge in [0.25, 0.3) is 0 Å². The average molecular weight is 214 g/mol. The summed E-state index contributed by atoms with van der Waals surface area (Å²) in [7, 11) is 0. The number of aryl methyl sites for hydroxylation is 2. The Bertz CT molecular complexity index is 254. The number of rotatable bonds is 6. The maximum atomic E-state index is 5.42. The monoisotopic (exact) mass is 214 g/mol. The van der Waals surface area contributed by atoms with Crippen molar-refractivity contribution in [2.75, 3.05) is 12.3 Å². The molecule has 1 aromatic rings. The van der Waals surface area contributed by atoms with E-state index < -0.39 is 0 Å². The summed E-state index contributed by atoms with van der Waals surface area (Å²) in [5.74, 6) is 3.13. The number of unbranched alkanes of at least 4 members (excludes halogenated alkanes) is 1. The molecule has 1 aromatic heterocycles. The third kappa shape index (κ3) is 3.35. The third-order valence-corrected chi connectivity index (χ3v) is 3.24. The van der Waals surface area contributed by atoms with Gasteiger partial charge in [0, 0.05) is 11.3 Å². The number of aromatic nitrogens is 1. The first-order valence-electron chi connectivity index (χ1n) is 4.95. The Morgan fingerprint density at radius 3 is 2.71 bits per heavy atom. The molecule has 2 N–H and O–H groups in total. The number of hydrogen-bond acceptors (Lipinski definition) is 4. The Kier molecular flexibility index (Phi) is 5.04. The minimum atomic E-state index is 0.798. The van der Waals surface area contributed by atoms with Crippen LogP contribution in [0.3, 0.4) is 0 Å². The largest absolute Gasteiger partial charge is 0.361 e. The minimum Gasteiger partial charge on any atom is -0.361 e. The molecule has 1 heterocycles. The van der Waals surface area contributed by atoms with Gasteiger partial charge in [-0.15, -0.1) is 0 Å². The maximum absolute atomic E-state index is 5.42. The molecule has 0 saturated carbocycles. The summed E-state index contributed by atoms with van der Waals surface area (Å²) in [5, 5.41) is 3.92. The first-order chi connectivity index (χ1) is 6.75. The van der Waals surface area contributed by atoms with Crippen LogP contribution in [0.5, 0.6) is 0 Å². The fourth-order valence-corrected chi connectivity index (χ4v) is 2.40. The van der Waals surface area contributed by atoms with Crippen LogP contribution in [0, 0.1) is 13.8 Å². The van der Waals surface area contributed by atoms with Crippen LogP contribution in [0.25, 0.3) is 0 Å². The van der Waals surface area contributed by atoms with E-state index >= 15 is 0 Å². The Labute approximate surface area is 89.4 Å². The molecule has 0 bridgehead atoms. The van der Waals surface area contributed by atoms with Gasteiger partial charge in [-0.25, -0.2) is 0 Å². The van der Waals surface area contributed by atoms with E-state index in [1.807, 2.05) is 25.6 Å². The van der Waals surface area contributed by atoms with Crippen molar-refractivity contribution in [1.82, 2.24) is 5.16 Å². The highest BCUT2D eigenvalue weighted by molar-refractivity contribution is 7.98. The lowest BCUT2D eigenvalue weighted by molar-refractivity contribution is 0.392. The number of thioether (sulfide) groups is 1. The topological polar surface area (TPSA) is 52.0 Å². The van der Waals surface area contributed by atoms with E-state index in [4.69, 9.17) is 10.3 Å². The van der Waals surface area contributed by atoms with Crippen molar-refractivity contribution in [3.8, 4) is 0 Å². The van der Waals surface area contributed by atoms with Gasteiger partial charge >= 0.3 is 0 Å². The van der Waals surface area contributed by atoms with Crippen molar-refractivity contribution < 1.29 is 4.52 Å². The van der Waals surface area contributed by atoms with E-state index in [0.29, 0.717) is 0 Å². The molecule has 0 unspecified atom stereocenters. The Hall–Kier alpha value is -0.480. The zero-order valence-electron chi connectivity index (χ0n) is 8.88. The molecular weight excluding hydrogens is 196 g/mol. The SMILES string of the molecule is Cc1noc(C)c1CSCCCCN. The van der Waals surface area contributed by atoms with Crippen molar-refractivity contribution in [1.29, 1.82) is 0 Å². The molecule has 14 heavy (non-hydrogen) atoms. The Morgan fingerprint density at radius 2 is 2.14 bits per heavy atom. The molecule has 0 spiro atoms. The van der Waals surface area contributed by atoms with E-state index in [1.165, 1.54) is 17.7 Å². The van der Waals surface area contributed by atoms with Crippen LogP contribution in [0.1, 0.15) is 29.9 Å². The van der Waals surface area contributed by atoms with Gasteiger partial charge in [0.15, 0.2) is 0 Å². The summed E-state index contributed by atoms with van der Waals surface area (Å²) >= 11 is 1.92. The molecule has 0 aliphatic rings. The number of nitrogens with zero attached hydrogens (tertiary/aromatic N) is 1. The van der Waals surface area contributed by atoms with E-state index in [-0.39, 0.29) is 0 Å². The standard InChI is InChI=1S/C10H18N2OS/c1-8-10(9(2)13-12-8)7-14-6-4-3-5-11/h3-7,11H2,1-2H3. The van der Waals surface area contributed by atoms with Crippen molar-refractivity contribution >= 4 is 11.8 Å². The molecule has 0 aliphatic carbocycles. The first-order valence-corrected chi connectivity index (χ1v) is 6.10. The highest BCUT2D eigenvalue weighted by Crippen LogP contribution is 2.19. The summed E-state index contributed by atoms with van der Waals surface area (Å²) < 4.78 is 5.09. The van der Waals surface area contributed by atoms with Gasteiger partial charge in [-0.3, -0.25) is 0 Å². The normalized spacial score (nSPS) is 10.8. The van der Waals surface area contributed by atoms with Gasteiger partial charge < -0.3 is 10.3 Å². The van der Waals surface area contributed by atoms with Crippen LogP contribution in [-0.2, 0) is 5.75 Å². The lowest BCUT2D eigenvalue weighted by Gasteiger charge is -2.00. The second-order valence-corrected chi connectivity index (χ2v) is 4.46. The van der Waals surface area contributed by atoms with Crippen LogP contribution in [0.4, 0.5) is 0 Å². The lowest BCUT2D eigenvalue weighted by Crippen LogP contribution is -1.98. The van der Waals surface area contributed by atoms with Gasteiger partial charge in [0.05, 0.1) is 5.69 Å². The Morgan fingerprint density at radius 1 is 1.36 bits per heavy atom. The summed E-state index contributed by atoms with van der Waals surface area (Å²) in [4.78, 5) is 0. The zero-order chi connectivity index (χ0) is 10.4. The zero-order valence-corrected chi connectivity index (χ0v) is 9.69. The average Bonchev–Trinajstić information content (AvgIpc) is 2.48. The van der Waals surface area contributed by atoms with Gasteiger partial charge in [-0.1, -0.05) is 5.16 Å². The number of hydrogen-bond donors (Lipinski definition) is 1. The quantitative estimate of drug-likeness (QED) is 0.738. The first kappa shape index (κ1) is 11.6. The predicted octanol–water partition coefficient (Wildman–Crippen LogP) is 2.26. The molecule has 0 aromatic carbocycles. The van der Waals surface area contributed by atoms with Gasteiger partial charge in [-0.05, 0) is 39.0 Å².